The molecule has 0 bridgehead atoms. The maximum Gasteiger partial charge on any atom is 0.319 e. The molecule has 132 valence electrons. The minimum absolute atomic E-state index is 0.0781. The van der Waals surface area contributed by atoms with Crippen LogP contribution in [0.1, 0.15) is 18.4 Å². The lowest BCUT2D eigenvalue weighted by Gasteiger charge is -2.38. The van der Waals surface area contributed by atoms with E-state index < -0.39 is 0 Å². The number of hydrogen-bond donors (Lipinski definition) is 2. The van der Waals surface area contributed by atoms with Gasteiger partial charge in [-0.05, 0) is 30.5 Å². The Morgan fingerprint density at radius 1 is 1.12 bits per heavy atom. The highest BCUT2D eigenvalue weighted by molar-refractivity contribution is 5.89. The molecule has 1 saturated heterocycles. The van der Waals surface area contributed by atoms with E-state index in [1.165, 1.54) is 5.56 Å². The van der Waals surface area contributed by atoms with E-state index in [4.69, 9.17) is 9.47 Å². The van der Waals surface area contributed by atoms with Gasteiger partial charge in [0.1, 0.15) is 5.75 Å². The third kappa shape index (κ3) is 4.31. The Hall–Kier alpha value is -2.53. The molecule has 2 amide bonds. The number of carbonyl (C=O) groups excluding carboxylic acids is 1. The number of benzene rings is 2. The molecule has 25 heavy (non-hydrogen) atoms. The van der Waals surface area contributed by atoms with Gasteiger partial charge in [0, 0.05) is 36.9 Å². The summed E-state index contributed by atoms with van der Waals surface area (Å²) in [6.07, 6.45) is 1.80. The van der Waals surface area contributed by atoms with Crippen molar-refractivity contribution >= 4 is 11.7 Å². The molecule has 1 fully saturated rings. The molecule has 2 aromatic rings. The highest BCUT2D eigenvalue weighted by Crippen LogP contribution is 2.34. The minimum Gasteiger partial charge on any atom is -0.497 e. The summed E-state index contributed by atoms with van der Waals surface area (Å²) < 4.78 is 10.7. The zero-order valence-electron chi connectivity index (χ0n) is 14.5. The molecule has 0 atom stereocenters. The quantitative estimate of drug-likeness (QED) is 0.875. The van der Waals surface area contributed by atoms with Gasteiger partial charge in [0.25, 0.3) is 0 Å². The molecule has 2 N–H and O–H groups in total. The van der Waals surface area contributed by atoms with Crippen molar-refractivity contribution in [3.63, 3.8) is 0 Å². The van der Waals surface area contributed by atoms with E-state index in [0.717, 1.165) is 12.8 Å². The van der Waals surface area contributed by atoms with Crippen LogP contribution in [-0.4, -0.2) is 32.9 Å². The van der Waals surface area contributed by atoms with E-state index in [2.05, 4.69) is 22.8 Å². The van der Waals surface area contributed by atoms with Gasteiger partial charge in [-0.2, -0.15) is 0 Å². The molecule has 1 heterocycles. The smallest absolute Gasteiger partial charge is 0.319 e. The zero-order valence-corrected chi connectivity index (χ0v) is 14.5. The zero-order chi connectivity index (χ0) is 17.5. The van der Waals surface area contributed by atoms with Crippen molar-refractivity contribution in [3.8, 4) is 5.75 Å². The summed E-state index contributed by atoms with van der Waals surface area (Å²) >= 11 is 0. The Balaban J connectivity index is 1.65. The second-order valence-electron chi connectivity index (χ2n) is 6.30. The normalized spacial score (nSPS) is 16.0. The van der Waals surface area contributed by atoms with Crippen molar-refractivity contribution in [1.29, 1.82) is 0 Å². The first-order valence-corrected chi connectivity index (χ1v) is 8.54. The van der Waals surface area contributed by atoms with Crippen LogP contribution in [0.5, 0.6) is 5.75 Å². The fraction of sp³-hybridized carbons (Fsp3) is 0.350. The molecule has 1 aliphatic rings. The van der Waals surface area contributed by atoms with Gasteiger partial charge in [0.05, 0.1) is 7.11 Å². The van der Waals surface area contributed by atoms with Crippen LogP contribution in [0.2, 0.25) is 0 Å². The Kier molecular flexibility index (Phi) is 5.56. The van der Waals surface area contributed by atoms with E-state index in [-0.39, 0.29) is 11.4 Å². The largest absolute Gasteiger partial charge is 0.497 e. The number of urea groups is 1. The summed E-state index contributed by atoms with van der Waals surface area (Å²) in [5, 5.41) is 5.89. The Labute approximate surface area is 148 Å². The topological polar surface area (TPSA) is 59.6 Å². The molecule has 5 nitrogen and oxygen atoms in total. The monoisotopic (exact) mass is 340 g/mol. The van der Waals surface area contributed by atoms with Gasteiger partial charge in [0.15, 0.2) is 0 Å². The van der Waals surface area contributed by atoms with Gasteiger partial charge in [-0.15, -0.1) is 0 Å². The number of ether oxygens (including phenoxy) is 2. The molecule has 0 aromatic heterocycles. The number of anilines is 1. The standard InChI is InChI=1S/C20H24N2O3/c1-24-18-9-5-8-17(14-18)22-19(23)21-15-20(10-12-25-13-11-20)16-6-3-2-4-7-16/h2-9,14H,10-13,15H2,1H3,(H2,21,22,23). The van der Waals surface area contributed by atoms with Gasteiger partial charge in [-0.1, -0.05) is 36.4 Å². The van der Waals surface area contributed by atoms with Crippen LogP contribution < -0.4 is 15.4 Å². The molecule has 3 rings (SSSR count). The van der Waals surface area contributed by atoms with Crippen molar-refractivity contribution in [3.05, 3.63) is 60.2 Å². The third-order valence-electron chi connectivity index (χ3n) is 4.75. The van der Waals surface area contributed by atoms with Crippen LogP contribution in [0.3, 0.4) is 0 Å². The van der Waals surface area contributed by atoms with E-state index in [9.17, 15) is 4.79 Å². The molecule has 2 aromatic carbocycles. The number of rotatable bonds is 5. The molecule has 0 saturated carbocycles. The molecule has 0 radical (unpaired) electrons. The lowest BCUT2D eigenvalue weighted by Crippen LogP contribution is -2.45. The van der Waals surface area contributed by atoms with Crippen molar-refractivity contribution < 1.29 is 14.3 Å². The summed E-state index contributed by atoms with van der Waals surface area (Å²) in [6, 6.07) is 17.5. The summed E-state index contributed by atoms with van der Waals surface area (Å²) in [6.45, 7) is 2.01. The SMILES string of the molecule is COc1cccc(NC(=O)NCC2(c3ccccc3)CCOCC2)c1. The second kappa shape index (κ2) is 8.03. The lowest BCUT2D eigenvalue weighted by molar-refractivity contribution is 0.0508. The summed E-state index contributed by atoms with van der Waals surface area (Å²) in [4.78, 5) is 12.3. The fourth-order valence-corrected chi connectivity index (χ4v) is 3.25. The number of nitrogens with one attached hydrogen (secondary N) is 2. The first kappa shape index (κ1) is 17.3. The number of carbonyl (C=O) groups is 1. The number of amides is 2. The number of methoxy groups -OCH3 is 1. The molecule has 0 spiro atoms. The molecule has 0 aliphatic carbocycles. The van der Waals surface area contributed by atoms with E-state index in [0.29, 0.717) is 31.2 Å². The van der Waals surface area contributed by atoms with Gasteiger partial charge >= 0.3 is 6.03 Å². The van der Waals surface area contributed by atoms with Crippen LogP contribution in [0.25, 0.3) is 0 Å². The van der Waals surface area contributed by atoms with E-state index in [1.807, 2.05) is 36.4 Å². The second-order valence-corrected chi connectivity index (χ2v) is 6.30. The van der Waals surface area contributed by atoms with Gasteiger partial charge in [-0.3, -0.25) is 0 Å². The van der Waals surface area contributed by atoms with Crippen LogP contribution >= 0.6 is 0 Å². The van der Waals surface area contributed by atoms with Crippen LogP contribution in [-0.2, 0) is 10.2 Å². The predicted molar refractivity (Wildman–Crippen MR) is 98.2 cm³/mol. The van der Waals surface area contributed by atoms with Crippen molar-refractivity contribution in [2.75, 3.05) is 32.2 Å². The Morgan fingerprint density at radius 2 is 1.88 bits per heavy atom. The maximum atomic E-state index is 12.3. The average Bonchev–Trinajstić information content (AvgIpc) is 2.68. The fourth-order valence-electron chi connectivity index (χ4n) is 3.25. The van der Waals surface area contributed by atoms with Gasteiger partial charge < -0.3 is 20.1 Å². The van der Waals surface area contributed by atoms with Crippen molar-refractivity contribution in [1.82, 2.24) is 5.32 Å². The molecular formula is C20H24N2O3. The Bertz CT molecular complexity index is 697. The van der Waals surface area contributed by atoms with Crippen molar-refractivity contribution in [2.45, 2.75) is 18.3 Å². The first-order chi connectivity index (χ1) is 12.2. The molecule has 0 unspecified atom stereocenters. The maximum absolute atomic E-state index is 12.3. The molecular weight excluding hydrogens is 316 g/mol. The summed E-state index contributed by atoms with van der Waals surface area (Å²) in [7, 11) is 1.61. The predicted octanol–water partition coefficient (Wildman–Crippen LogP) is 3.57. The van der Waals surface area contributed by atoms with E-state index >= 15 is 0 Å². The van der Waals surface area contributed by atoms with Crippen LogP contribution in [0.15, 0.2) is 54.6 Å². The summed E-state index contributed by atoms with van der Waals surface area (Å²) in [5.74, 6) is 0.711. The summed E-state index contributed by atoms with van der Waals surface area (Å²) in [5.41, 5.74) is 1.88. The highest BCUT2D eigenvalue weighted by Gasteiger charge is 2.34. The highest BCUT2D eigenvalue weighted by atomic mass is 16.5. The Morgan fingerprint density at radius 3 is 2.60 bits per heavy atom. The van der Waals surface area contributed by atoms with Gasteiger partial charge in [0.2, 0.25) is 0 Å². The first-order valence-electron chi connectivity index (χ1n) is 8.54. The number of hydrogen-bond acceptors (Lipinski definition) is 3. The van der Waals surface area contributed by atoms with Crippen molar-refractivity contribution in [2.24, 2.45) is 0 Å². The molecule has 5 heteroatoms. The van der Waals surface area contributed by atoms with Gasteiger partial charge in [-0.25, -0.2) is 4.79 Å². The van der Waals surface area contributed by atoms with Crippen LogP contribution in [0.4, 0.5) is 10.5 Å². The minimum atomic E-state index is -0.213. The van der Waals surface area contributed by atoms with Crippen LogP contribution in [0, 0.1) is 0 Å². The lowest BCUT2D eigenvalue weighted by atomic mass is 9.74. The van der Waals surface area contributed by atoms with E-state index in [1.54, 1.807) is 13.2 Å². The molecule has 1 aliphatic heterocycles. The third-order valence-corrected chi connectivity index (χ3v) is 4.75. The average molecular weight is 340 g/mol.